The minimum absolute atomic E-state index is 0.0331. The first kappa shape index (κ1) is 15.9. The smallest absolute Gasteiger partial charge is 0.253 e. The lowest BCUT2D eigenvalue weighted by molar-refractivity contribution is -0.125. The molecule has 2 heterocycles. The van der Waals surface area contributed by atoms with Crippen LogP contribution < -0.4 is 5.32 Å². The summed E-state index contributed by atoms with van der Waals surface area (Å²) in [6.45, 7) is 3.03. The highest BCUT2D eigenvalue weighted by Crippen LogP contribution is 2.35. The van der Waals surface area contributed by atoms with Gasteiger partial charge in [0.25, 0.3) is 5.91 Å². The topological polar surface area (TPSA) is 78.8 Å². The first-order valence-electron chi connectivity index (χ1n) is 8.16. The summed E-state index contributed by atoms with van der Waals surface area (Å²) in [6, 6.07) is 0. The monoisotopic (exact) mass is 327 g/mol. The summed E-state index contributed by atoms with van der Waals surface area (Å²) in [4.78, 5) is 17.2. The molecule has 0 radical (unpaired) electrons. The zero-order chi connectivity index (χ0) is 16.0. The van der Waals surface area contributed by atoms with Crippen molar-refractivity contribution < 1.29 is 13.2 Å². The molecule has 1 amide bonds. The maximum Gasteiger partial charge on any atom is 0.253 e. The van der Waals surface area contributed by atoms with E-state index >= 15 is 0 Å². The second kappa shape index (κ2) is 5.60. The van der Waals surface area contributed by atoms with E-state index in [1.54, 1.807) is 0 Å². The number of aliphatic imine (C=N–C) groups is 1. The molecule has 2 fully saturated rings. The Bertz CT molecular complexity index is 583. The normalized spacial score (nSPS) is 32.8. The van der Waals surface area contributed by atoms with Crippen LogP contribution in [0.15, 0.2) is 4.99 Å². The molecule has 1 aliphatic carbocycles. The van der Waals surface area contributed by atoms with Gasteiger partial charge >= 0.3 is 0 Å². The van der Waals surface area contributed by atoms with Crippen LogP contribution in [0.25, 0.3) is 0 Å². The number of piperidine rings is 1. The molecule has 0 atom stereocenters. The van der Waals surface area contributed by atoms with Crippen LogP contribution >= 0.6 is 0 Å². The number of amides is 1. The molecule has 1 N–H and O–H groups in total. The lowest BCUT2D eigenvalue weighted by Gasteiger charge is -2.34. The zero-order valence-electron chi connectivity index (χ0n) is 13.3. The standard InChI is InChI=1S/C15H25N3O3S/c1-11-3-5-12(6-4-11)13-16-14(19)15(17-13)7-9-18(10-8-15)22(2,20)21/h11-12H,3-10H2,1-2H3,(H,16,17,19). The van der Waals surface area contributed by atoms with Crippen LogP contribution in [0.3, 0.4) is 0 Å². The van der Waals surface area contributed by atoms with Crippen molar-refractivity contribution in [3.8, 4) is 0 Å². The molecule has 2 aliphatic heterocycles. The van der Waals surface area contributed by atoms with Gasteiger partial charge in [-0.3, -0.25) is 9.79 Å². The van der Waals surface area contributed by atoms with Gasteiger partial charge in [-0.1, -0.05) is 19.8 Å². The van der Waals surface area contributed by atoms with Gasteiger partial charge in [-0.05, 0) is 31.6 Å². The fraction of sp³-hybridized carbons (Fsp3) is 0.867. The number of carbonyl (C=O) groups excluding carboxylic acids is 1. The first-order chi connectivity index (χ1) is 10.3. The Morgan fingerprint density at radius 2 is 1.77 bits per heavy atom. The van der Waals surface area contributed by atoms with Crippen molar-refractivity contribution >= 4 is 21.8 Å². The Kier molecular flexibility index (Phi) is 4.05. The second-order valence-electron chi connectivity index (χ2n) is 7.10. The number of amidine groups is 1. The average molecular weight is 327 g/mol. The van der Waals surface area contributed by atoms with E-state index in [4.69, 9.17) is 4.99 Å². The Labute approximate surface area is 132 Å². The summed E-state index contributed by atoms with van der Waals surface area (Å²) in [5, 5.41) is 3.00. The van der Waals surface area contributed by atoms with E-state index in [2.05, 4.69) is 12.2 Å². The van der Waals surface area contributed by atoms with Gasteiger partial charge in [-0.25, -0.2) is 12.7 Å². The molecule has 0 unspecified atom stereocenters. The van der Waals surface area contributed by atoms with Gasteiger partial charge in [-0.15, -0.1) is 0 Å². The summed E-state index contributed by atoms with van der Waals surface area (Å²) >= 11 is 0. The molecule has 7 heteroatoms. The third kappa shape index (κ3) is 2.93. The number of nitrogens with zero attached hydrogens (tertiary/aromatic N) is 2. The van der Waals surface area contributed by atoms with Crippen molar-refractivity contribution in [3.63, 3.8) is 0 Å². The highest BCUT2D eigenvalue weighted by atomic mass is 32.2. The van der Waals surface area contributed by atoms with Crippen LogP contribution in [0.4, 0.5) is 0 Å². The van der Waals surface area contributed by atoms with Crippen molar-refractivity contribution in [2.45, 2.75) is 51.0 Å². The molecule has 0 aromatic heterocycles. The lowest BCUT2D eigenvalue weighted by Crippen LogP contribution is -2.50. The molecule has 1 spiro atoms. The van der Waals surface area contributed by atoms with E-state index in [9.17, 15) is 13.2 Å². The second-order valence-corrected chi connectivity index (χ2v) is 9.08. The van der Waals surface area contributed by atoms with Crippen LogP contribution in [0, 0.1) is 11.8 Å². The molecular formula is C15H25N3O3S. The molecule has 124 valence electrons. The number of carbonyl (C=O) groups is 1. The number of rotatable bonds is 2. The van der Waals surface area contributed by atoms with Crippen molar-refractivity contribution in [2.75, 3.05) is 19.3 Å². The van der Waals surface area contributed by atoms with E-state index in [1.807, 2.05) is 0 Å². The third-order valence-corrected chi connectivity index (χ3v) is 6.72. The highest BCUT2D eigenvalue weighted by molar-refractivity contribution is 7.88. The summed E-state index contributed by atoms with van der Waals surface area (Å²) in [7, 11) is -3.18. The lowest BCUT2D eigenvalue weighted by atomic mass is 9.82. The maximum absolute atomic E-state index is 12.4. The molecule has 6 nitrogen and oxygen atoms in total. The van der Waals surface area contributed by atoms with Crippen molar-refractivity contribution in [3.05, 3.63) is 0 Å². The Morgan fingerprint density at radius 3 is 2.32 bits per heavy atom. The minimum atomic E-state index is -3.18. The molecule has 0 bridgehead atoms. The molecule has 0 aromatic rings. The fourth-order valence-corrected chi connectivity index (χ4v) is 4.64. The molecule has 0 aromatic carbocycles. The van der Waals surface area contributed by atoms with Gasteiger partial charge in [0.1, 0.15) is 11.4 Å². The quantitative estimate of drug-likeness (QED) is 0.826. The summed E-state index contributed by atoms with van der Waals surface area (Å²) in [6.07, 6.45) is 6.75. The highest BCUT2D eigenvalue weighted by Gasteiger charge is 2.47. The Hall–Kier alpha value is -0.950. The van der Waals surface area contributed by atoms with E-state index < -0.39 is 15.6 Å². The summed E-state index contributed by atoms with van der Waals surface area (Å²) in [5.74, 6) is 1.95. The zero-order valence-corrected chi connectivity index (χ0v) is 14.2. The van der Waals surface area contributed by atoms with Gasteiger partial charge in [0.05, 0.1) is 6.26 Å². The van der Waals surface area contributed by atoms with Crippen molar-refractivity contribution in [1.29, 1.82) is 0 Å². The Morgan fingerprint density at radius 1 is 1.18 bits per heavy atom. The average Bonchev–Trinajstić information content (AvgIpc) is 2.76. The van der Waals surface area contributed by atoms with Crippen LogP contribution in [0.2, 0.25) is 0 Å². The third-order valence-electron chi connectivity index (χ3n) is 5.42. The van der Waals surface area contributed by atoms with E-state index in [0.29, 0.717) is 31.8 Å². The van der Waals surface area contributed by atoms with E-state index in [1.165, 1.54) is 23.4 Å². The SMILES string of the molecule is CC1CCC(C2=NC3(CCN(S(C)(=O)=O)CC3)C(=O)N2)CC1. The van der Waals surface area contributed by atoms with Gasteiger partial charge in [0, 0.05) is 19.0 Å². The predicted molar refractivity (Wildman–Crippen MR) is 85.1 cm³/mol. The van der Waals surface area contributed by atoms with E-state index in [-0.39, 0.29) is 5.91 Å². The van der Waals surface area contributed by atoms with Gasteiger partial charge in [0.15, 0.2) is 0 Å². The molecule has 3 rings (SSSR count). The fourth-order valence-electron chi connectivity index (χ4n) is 3.80. The number of hydrogen-bond donors (Lipinski definition) is 1. The molecule has 1 saturated heterocycles. The number of sulfonamides is 1. The van der Waals surface area contributed by atoms with Gasteiger partial charge in [-0.2, -0.15) is 0 Å². The molecule has 1 saturated carbocycles. The van der Waals surface area contributed by atoms with Gasteiger partial charge in [0.2, 0.25) is 10.0 Å². The van der Waals surface area contributed by atoms with Crippen LogP contribution in [0.5, 0.6) is 0 Å². The van der Waals surface area contributed by atoms with Crippen LogP contribution in [-0.4, -0.2) is 49.4 Å². The maximum atomic E-state index is 12.4. The minimum Gasteiger partial charge on any atom is -0.312 e. The van der Waals surface area contributed by atoms with Crippen molar-refractivity contribution in [2.24, 2.45) is 16.8 Å². The predicted octanol–water partition coefficient (Wildman–Crippen LogP) is 1.14. The Balaban J connectivity index is 1.71. The largest absolute Gasteiger partial charge is 0.312 e. The summed E-state index contributed by atoms with van der Waals surface area (Å²) in [5.41, 5.74) is -0.723. The van der Waals surface area contributed by atoms with Crippen molar-refractivity contribution in [1.82, 2.24) is 9.62 Å². The van der Waals surface area contributed by atoms with Gasteiger partial charge < -0.3 is 5.32 Å². The number of hydrogen-bond acceptors (Lipinski definition) is 4. The van der Waals surface area contributed by atoms with E-state index in [0.717, 1.165) is 24.6 Å². The summed E-state index contributed by atoms with van der Waals surface area (Å²) < 4.78 is 24.7. The first-order valence-corrected chi connectivity index (χ1v) is 10.0. The van der Waals surface area contributed by atoms with Crippen LogP contribution in [0.1, 0.15) is 45.4 Å². The molecule has 3 aliphatic rings. The molecular weight excluding hydrogens is 302 g/mol. The molecule has 22 heavy (non-hydrogen) atoms. The van der Waals surface area contributed by atoms with Crippen LogP contribution in [-0.2, 0) is 14.8 Å². The number of nitrogens with one attached hydrogen (secondary N) is 1.